The molecular weight excluding hydrogens is 318 g/mol. The molecule has 2 N–H and O–H groups in total. The maximum Gasteiger partial charge on any atom is 0.230 e. The second kappa shape index (κ2) is 7.53. The van der Waals surface area contributed by atoms with Gasteiger partial charge in [0.1, 0.15) is 5.82 Å². The normalized spacial score (nSPS) is 13.6. The summed E-state index contributed by atoms with van der Waals surface area (Å²) in [5.41, 5.74) is 3.10. The number of nitrogens with one attached hydrogen (secondary N) is 2. The van der Waals surface area contributed by atoms with Gasteiger partial charge in [-0.3, -0.25) is 4.79 Å². The minimum absolute atomic E-state index is 0.0146. The molecule has 2 aromatic carbocycles. The van der Waals surface area contributed by atoms with Crippen LogP contribution in [0.1, 0.15) is 36.5 Å². The van der Waals surface area contributed by atoms with E-state index in [0.29, 0.717) is 5.75 Å². The van der Waals surface area contributed by atoms with Crippen LogP contribution in [0.2, 0.25) is 0 Å². The molecule has 0 bridgehead atoms. The predicted octanol–water partition coefficient (Wildman–Crippen LogP) is 4.23. The number of nitrogens with zero attached hydrogens (tertiary/aromatic N) is 1. The third-order valence-corrected chi connectivity index (χ3v) is 5.09. The van der Waals surface area contributed by atoms with Crippen LogP contribution in [0.3, 0.4) is 0 Å². The van der Waals surface area contributed by atoms with Gasteiger partial charge >= 0.3 is 0 Å². The van der Waals surface area contributed by atoms with Gasteiger partial charge in [-0.2, -0.15) is 0 Å². The Hall–Kier alpha value is -2.27. The fraction of sp³-hybridized carbons (Fsp3) is 0.263. The van der Waals surface area contributed by atoms with E-state index in [1.54, 1.807) is 11.8 Å². The highest BCUT2D eigenvalue weighted by Crippen LogP contribution is 2.27. The van der Waals surface area contributed by atoms with Crippen LogP contribution in [0.5, 0.6) is 0 Å². The van der Waals surface area contributed by atoms with E-state index in [1.165, 1.54) is 0 Å². The largest absolute Gasteiger partial charge is 0.349 e. The van der Waals surface area contributed by atoms with Crippen molar-refractivity contribution in [2.45, 2.75) is 25.1 Å². The third kappa shape index (κ3) is 3.97. The number of benzene rings is 2. The Morgan fingerprint density at radius 1 is 1.12 bits per heavy atom. The molecule has 0 aliphatic heterocycles. The Balaban J connectivity index is 1.54. The minimum Gasteiger partial charge on any atom is -0.349 e. The van der Waals surface area contributed by atoms with E-state index in [2.05, 4.69) is 22.2 Å². The average molecular weight is 339 g/mol. The van der Waals surface area contributed by atoms with Gasteiger partial charge in [-0.15, -0.1) is 11.8 Å². The molecule has 0 aliphatic carbocycles. The lowest BCUT2D eigenvalue weighted by molar-refractivity contribution is -0.119. The van der Waals surface area contributed by atoms with Crippen LogP contribution in [0.15, 0.2) is 54.6 Å². The topological polar surface area (TPSA) is 57.8 Å². The lowest BCUT2D eigenvalue weighted by Crippen LogP contribution is -2.28. The summed E-state index contributed by atoms with van der Waals surface area (Å²) < 4.78 is 0. The van der Waals surface area contributed by atoms with Crippen LogP contribution in [0.4, 0.5) is 0 Å². The molecule has 0 aliphatic rings. The molecule has 1 heterocycles. The highest BCUT2D eigenvalue weighted by molar-refractivity contribution is 8.00. The van der Waals surface area contributed by atoms with Gasteiger partial charge in [0.05, 0.1) is 28.1 Å². The van der Waals surface area contributed by atoms with E-state index in [4.69, 9.17) is 0 Å². The number of para-hydroxylation sites is 2. The number of hydrogen-bond donors (Lipinski definition) is 2. The smallest absolute Gasteiger partial charge is 0.230 e. The van der Waals surface area contributed by atoms with Crippen LogP contribution in [-0.4, -0.2) is 21.6 Å². The maximum absolute atomic E-state index is 12.2. The minimum atomic E-state index is 0.0146. The van der Waals surface area contributed by atoms with Crippen molar-refractivity contribution in [3.05, 3.63) is 66.0 Å². The first kappa shape index (κ1) is 16.6. The van der Waals surface area contributed by atoms with Crippen molar-refractivity contribution in [1.82, 2.24) is 15.3 Å². The lowest BCUT2D eigenvalue weighted by atomic mass is 10.1. The van der Waals surface area contributed by atoms with Crippen molar-refractivity contribution in [1.29, 1.82) is 0 Å². The molecule has 0 fully saturated rings. The number of aromatic nitrogens is 2. The van der Waals surface area contributed by atoms with E-state index in [0.717, 1.165) is 22.4 Å². The molecule has 0 saturated carbocycles. The number of thioether (sulfide) groups is 1. The first-order valence-electron chi connectivity index (χ1n) is 8.04. The van der Waals surface area contributed by atoms with Crippen molar-refractivity contribution < 1.29 is 4.79 Å². The number of carbonyl (C=O) groups is 1. The van der Waals surface area contributed by atoms with Crippen LogP contribution in [-0.2, 0) is 4.79 Å². The molecule has 1 aromatic heterocycles. The number of amides is 1. The number of hydrogen-bond acceptors (Lipinski definition) is 3. The number of H-pyrrole nitrogens is 1. The van der Waals surface area contributed by atoms with Gasteiger partial charge in [-0.25, -0.2) is 4.98 Å². The first-order valence-corrected chi connectivity index (χ1v) is 9.09. The second-order valence-electron chi connectivity index (χ2n) is 5.79. The third-order valence-electron chi connectivity index (χ3n) is 3.93. The Morgan fingerprint density at radius 2 is 1.83 bits per heavy atom. The number of imidazole rings is 1. The number of rotatable bonds is 6. The molecule has 1 amide bonds. The second-order valence-corrected chi connectivity index (χ2v) is 7.12. The lowest BCUT2D eigenvalue weighted by Gasteiger charge is -2.15. The van der Waals surface area contributed by atoms with Crippen molar-refractivity contribution in [2.75, 3.05) is 5.75 Å². The molecule has 2 atom stereocenters. The predicted molar refractivity (Wildman–Crippen MR) is 100.0 cm³/mol. The van der Waals surface area contributed by atoms with E-state index in [-0.39, 0.29) is 17.2 Å². The SMILES string of the molecule is CC(NC(=O)CSC(C)c1nc2ccccc2[nH]1)c1ccccc1. The van der Waals surface area contributed by atoms with Crippen molar-refractivity contribution in [3.63, 3.8) is 0 Å². The van der Waals surface area contributed by atoms with Crippen molar-refractivity contribution in [3.8, 4) is 0 Å². The zero-order valence-electron chi connectivity index (χ0n) is 13.8. The molecule has 5 heteroatoms. The highest BCUT2D eigenvalue weighted by Gasteiger charge is 2.15. The Labute approximate surface area is 146 Å². The molecule has 4 nitrogen and oxygen atoms in total. The van der Waals surface area contributed by atoms with Gasteiger partial charge in [-0.05, 0) is 31.5 Å². The van der Waals surface area contributed by atoms with Gasteiger partial charge < -0.3 is 10.3 Å². The van der Waals surface area contributed by atoms with Gasteiger partial charge in [-0.1, -0.05) is 42.5 Å². The Bertz CT molecular complexity index is 783. The summed E-state index contributed by atoms with van der Waals surface area (Å²) in [6.07, 6.45) is 0. The molecule has 0 radical (unpaired) electrons. The summed E-state index contributed by atoms with van der Waals surface area (Å²) in [6, 6.07) is 18.0. The zero-order chi connectivity index (χ0) is 16.9. The van der Waals surface area contributed by atoms with Crippen molar-refractivity contribution in [2.24, 2.45) is 0 Å². The average Bonchev–Trinajstić information content (AvgIpc) is 3.04. The Kier molecular flexibility index (Phi) is 5.20. The molecule has 3 rings (SSSR count). The molecule has 124 valence electrons. The molecule has 0 saturated heterocycles. The standard InChI is InChI=1S/C19H21N3OS/c1-13(15-8-4-3-5-9-15)20-18(23)12-24-14(2)19-21-16-10-6-7-11-17(16)22-19/h3-11,13-14H,12H2,1-2H3,(H,20,23)(H,21,22). The first-order chi connectivity index (χ1) is 11.6. The number of fused-ring (bicyclic) bond motifs is 1. The van der Waals surface area contributed by atoms with Gasteiger partial charge in [0.25, 0.3) is 0 Å². The molecule has 2 unspecified atom stereocenters. The summed E-state index contributed by atoms with van der Waals surface area (Å²) in [4.78, 5) is 20.1. The molecule has 24 heavy (non-hydrogen) atoms. The van der Waals surface area contributed by atoms with E-state index in [9.17, 15) is 4.79 Å². The van der Waals surface area contributed by atoms with Crippen LogP contribution >= 0.6 is 11.8 Å². The van der Waals surface area contributed by atoms with Crippen LogP contribution in [0, 0.1) is 0 Å². The van der Waals surface area contributed by atoms with Gasteiger partial charge in [0.2, 0.25) is 5.91 Å². The number of carbonyl (C=O) groups excluding carboxylic acids is 1. The fourth-order valence-corrected chi connectivity index (χ4v) is 3.31. The monoisotopic (exact) mass is 339 g/mol. The summed E-state index contributed by atoms with van der Waals surface area (Å²) in [6.45, 7) is 4.07. The van der Waals surface area contributed by atoms with Gasteiger partial charge in [0, 0.05) is 0 Å². The zero-order valence-corrected chi connectivity index (χ0v) is 14.6. The van der Waals surface area contributed by atoms with Crippen LogP contribution in [0.25, 0.3) is 11.0 Å². The molecule has 3 aromatic rings. The highest BCUT2D eigenvalue weighted by atomic mass is 32.2. The van der Waals surface area contributed by atoms with E-state index in [1.807, 2.05) is 61.5 Å². The molecular formula is C19H21N3OS. The van der Waals surface area contributed by atoms with E-state index < -0.39 is 0 Å². The summed E-state index contributed by atoms with van der Waals surface area (Å²) >= 11 is 1.58. The summed E-state index contributed by atoms with van der Waals surface area (Å²) in [7, 11) is 0. The Morgan fingerprint density at radius 3 is 2.58 bits per heavy atom. The van der Waals surface area contributed by atoms with Crippen molar-refractivity contribution >= 4 is 28.7 Å². The van der Waals surface area contributed by atoms with E-state index >= 15 is 0 Å². The van der Waals surface area contributed by atoms with Gasteiger partial charge in [0.15, 0.2) is 0 Å². The summed E-state index contributed by atoms with van der Waals surface area (Å²) in [5.74, 6) is 1.36. The molecule has 0 spiro atoms. The van der Waals surface area contributed by atoms with Crippen LogP contribution < -0.4 is 5.32 Å². The maximum atomic E-state index is 12.2. The quantitative estimate of drug-likeness (QED) is 0.706. The fourth-order valence-electron chi connectivity index (χ4n) is 2.55. The summed E-state index contributed by atoms with van der Waals surface area (Å²) in [5, 5.41) is 3.17. The number of aromatic amines is 1.